The molecule has 0 bridgehead atoms. The summed E-state index contributed by atoms with van der Waals surface area (Å²) >= 11 is 0. The van der Waals surface area contributed by atoms with Crippen molar-refractivity contribution < 1.29 is 0 Å². The van der Waals surface area contributed by atoms with E-state index < -0.39 is 0 Å². The predicted octanol–water partition coefficient (Wildman–Crippen LogP) is 5.15. The molecule has 4 aromatic rings. The molecule has 0 saturated heterocycles. The molecular formula is C18H12. The van der Waals surface area contributed by atoms with Gasteiger partial charge in [-0.05, 0) is 44.5 Å². The van der Waals surface area contributed by atoms with Gasteiger partial charge in [0.25, 0.3) is 0 Å². The van der Waals surface area contributed by atoms with Gasteiger partial charge in [0.15, 0.2) is 0 Å². The maximum Gasteiger partial charge on any atom is -0.00990 e. The molecule has 0 heteroatoms. The fraction of sp³-hybridized carbons (Fsp3) is 0. The highest BCUT2D eigenvalue weighted by molar-refractivity contribution is 6.13. The van der Waals surface area contributed by atoms with Crippen LogP contribution >= 0.6 is 0 Å². The van der Waals surface area contributed by atoms with E-state index in [1.54, 1.807) is 0 Å². The molecule has 0 aliphatic rings. The van der Waals surface area contributed by atoms with Crippen molar-refractivity contribution in [2.24, 2.45) is 0 Å². The summed E-state index contributed by atoms with van der Waals surface area (Å²) in [6.45, 7) is 0. The Hall–Kier alpha value is -2.34. The topological polar surface area (TPSA) is 0 Å². The summed E-state index contributed by atoms with van der Waals surface area (Å²) in [5.74, 6) is 0. The molecule has 0 spiro atoms. The average Bonchev–Trinajstić information content (AvgIpc) is 2.81. The van der Waals surface area contributed by atoms with E-state index >= 15 is 0 Å². The average molecular weight is 228 g/mol. The summed E-state index contributed by atoms with van der Waals surface area (Å²) in [4.78, 5) is 0. The van der Waals surface area contributed by atoms with Gasteiger partial charge in [0.2, 0.25) is 0 Å². The summed E-state index contributed by atoms with van der Waals surface area (Å²) in [6, 6.07) is 26.1. The van der Waals surface area contributed by atoms with Gasteiger partial charge >= 0.3 is 0 Å². The zero-order chi connectivity index (χ0) is 11.9. The van der Waals surface area contributed by atoms with E-state index in [1.165, 1.54) is 32.3 Å². The van der Waals surface area contributed by atoms with E-state index in [0.717, 1.165) is 0 Å². The van der Waals surface area contributed by atoms with Gasteiger partial charge in [-0.3, -0.25) is 0 Å². The summed E-state index contributed by atoms with van der Waals surface area (Å²) in [5, 5.41) is 7.90. The summed E-state index contributed by atoms with van der Waals surface area (Å²) < 4.78 is 0. The maximum atomic E-state index is 2.30. The van der Waals surface area contributed by atoms with Crippen LogP contribution in [0, 0.1) is 0 Å². The third kappa shape index (κ3) is 1.32. The van der Waals surface area contributed by atoms with Crippen molar-refractivity contribution in [3.8, 4) is 0 Å². The van der Waals surface area contributed by atoms with Gasteiger partial charge in [-0.1, -0.05) is 60.7 Å². The van der Waals surface area contributed by atoms with Crippen LogP contribution in [0.2, 0.25) is 0 Å². The quantitative estimate of drug-likeness (QED) is 0.390. The normalized spacial score (nSPS) is 11.3. The van der Waals surface area contributed by atoms with Crippen molar-refractivity contribution in [3.05, 3.63) is 72.8 Å². The van der Waals surface area contributed by atoms with Crippen LogP contribution in [0.1, 0.15) is 0 Å². The molecule has 4 rings (SSSR count). The van der Waals surface area contributed by atoms with Crippen LogP contribution in [0.15, 0.2) is 72.8 Å². The lowest BCUT2D eigenvalue weighted by atomic mass is 10.2. The lowest BCUT2D eigenvalue weighted by Crippen LogP contribution is -1.57. The second kappa shape index (κ2) is 3.58. The van der Waals surface area contributed by atoms with Crippen molar-refractivity contribution in [1.29, 1.82) is 0 Å². The summed E-state index contributed by atoms with van der Waals surface area (Å²) in [6.07, 6.45) is 0. The minimum atomic E-state index is 1.31. The summed E-state index contributed by atoms with van der Waals surface area (Å²) in [5.41, 5.74) is 0. The smallest absolute Gasteiger partial charge is 0.00990 e. The van der Waals surface area contributed by atoms with Crippen LogP contribution in [0.5, 0.6) is 0 Å². The Morgan fingerprint density at radius 2 is 1.11 bits per heavy atom. The second-order valence-electron chi connectivity index (χ2n) is 4.71. The molecule has 84 valence electrons. The lowest BCUT2D eigenvalue weighted by molar-refractivity contribution is 1.88. The minimum Gasteiger partial charge on any atom is -0.0622 e. The fourth-order valence-electron chi connectivity index (χ4n) is 2.70. The first-order valence-electron chi connectivity index (χ1n) is 6.22. The lowest BCUT2D eigenvalue weighted by Gasteiger charge is -1.84. The van der Waals surface area contributed by atoms with E-state index in [9.17, 15) is 0 Å². The molecule has 0 N–H and O–H groups in total. The Morgan fingerprint density at radius 1 is 0.389 bits per heavy atom. The second-order valence-corrected chi connectivity index (χ2v) is 4.71. The molecule has 0 heterocycles. The van der Waals surface area contributed by atoms with Gasteiger partial charge in [-0.15, -0.1) is 0 Å². The van der Waals surface area contributed by atoms with Crippen LogP contribution in [-0.2, 0) is 0 Å². The molecule has 0 radical (unpaired) electrons. The van der Waals surface area contributed by atoms with Gasteiger partial charge in [-0.25, -0.2) is 0 Å². The van der Waals surface area contributed by atoms with E-state index in [-0.39, 0.29) is 0 Å². The Kier molecular flexibility index (Phi) is 1.92. The van der Waals surface area contributed by atoms with Gasteiger partial charge in [-0.2, -0.15) is 0 Å². The fourth-order valence-corrected chi connectivity index (χ4v) is 2.70. The standard InChI is InChI=1S/C18H12/c1-2-5-15-11-16-10-9-13-6-4-7-14(13)12-18(16)17(15)8-3-1/h1-12H. The molecule has 0 atom stereocenters. The van der Waals surface area contributed by atoms with Gasteiger partial charge in [0.05, 0.1) is 0 Å². The van der Waals surface area contributed by atoms with Crippen molar-refractivity contribution in [3.63, 3.8) is 0 Å². The summed E-state index contributed by atoms with van der Waals surface area (Å²) in [7, 11) is 0. The molecule has 0 saturated carbocycles. The first-order valence-corrected chi connectivity index (χ1v) is 6.22. The zero-order valence-electron chi connectivity index (χ0n) is 9.93. The van der Waals surface area contributed by atoms with Crippen molar-refractivity contribution in [2.45, 2.75) is 0 Å². The van der Waals surface area contributed by atoms with E-state index in [2.05, 4.69) is 72.8 Å². The monoisotopic (exact) mass is 228 g/mol. The molecule has 0 amide bonds. The number of fused-ring (bicyclic) bond motifs is 4. The van der Waals surface area contributed by atoms with Crippen molar-refractivity contribution in [1.82, 2.24) is 0 Å². The predicted molar refractivity (Wildman–Crippen MR) is 79.0 cm³/mol. The highest BCUT2D eigenvalue weighted by Gasteiger charge is 2.02. The Balaban J connectivity index is 2.30. The largest absolute Gasteiger partial charge is 0.0622 e. The van der Waals surface area contributed by atoms with Crippen LogP contribution in [-0.4, -0.2) is 0 Å². The van der Waals surface area contributed by atoms with Crippen molar-refractivity contribution in [2.75, 3.05) is 0 Å². The highest BCUT2D eigenvalue weighted by atomic mass is 14.1. The maximum absolute atomic E-state index is 2.30. The Morgan fingerprint density at radius 3 is 2.11 bits per heavy atom. The first-order chi connectivity index (χ1) is 8.92. The van der Waals surface area contributed by atoms with E-state index in [4.69, 9.17) is 0 Å². The number of hydrogen-bond donors (Lipinski definition) is 0. The Bertz CT molecular complexity index is 872. The van der Waals surface area contributed by atoms with Crippen LogP contribution in [0.25, 0.3) is 32.3 Å². The molecule has 0 aromatic heterocycles. The number of rotatable bonds is 0. The SMILES string of the molecule is c1ccc2cc3ccc4cccc4cc3c2cc1. The van der Waals surface area contributed by atoms with Crippen LogP contribution in [0.3, 0.4) is 0 Å². The molecular weight excluding hydrogens is 216 g/mol. The first kappa shape index (κ1) is 9.67. The Labute approximate surface area is 105 Å². The van der Waals surface area contributed by atoms with Crippen LogP contribution < -0.4 is 0 Å². The molecule has 0 unspecified atom stereocenters. The van der Waals surface area contributed by atoms with Gasteiger partial charge in [0.1, 0.15) is 0 Å². The van der Waals surface area contributed by atoms with E-state index in [1.807, 2.05) is 0 Å². The molecule has 0 fully saturated rings. The van der Waals surface area contributed by atoms with Gasteiger partial charge < -0.3 is 0 Å². The number of hydrogen-bond acceptors (Lipinski definition) is 0. The molecule has 0 aliphatic carbocycles. The third-order valence-electron chi connectivity index (χ3n) is 3.61. The molecule has 18 heavy (non-hydrogen) atoms. The van der Waals surface area contributed by atoms with Crippen molar-refractivity contribution >= 4 is 32.3 Å². The highest BCUT2D eigenvalue weighted by Crippen LogP contribution is 2.29. The van der Waals surface area contributed by atoms with Gasteiger partial charge in [0, 0.05) is 0 Å². The molecule has 4 aromatic carbocycles. The molecule has 0 aliphatic heterocycles. The van der Waals surface area contributed by atoms with E-state index in [0.29, 0.717) is 0 Å². The van der Waals surface area contributed by atoms with Crippen LogP contribution in [0.4, 0.5) is 0 Å². The minimum absolute atomic E-state index is 1.31. The zero-order valence-corrected chi connectivity index (χ0v) is 9.93. The molecule has 0 nitrogen and oxygen atoms in total. The third-order valence-corrected chi connectivity index (χ3v) is 3.61.